The molecular weight excluding hydrogens is 260 g/mol. The van der Waals surface area contributed by atoms with E-state index in [1.807, 2.05) is 13.8 Å². The van der Waals surface area contributed by atoms with Crippen molar-refractivity contribution in [3.63, 3.8) is 0 Å². The summed E-state index contributed by atoms with van der Waals surface area (Å²) in [5, 5.41) is 12.2. The van der Waals surface area contributed by atoms with Crippen LogP contribution in [0.25, 0.3) is 0 Å². The molecule has 1 aliphatic heterocycles. The lowest BCUT2D eigenvalue weighted by molar-refractivity contribution is -0.150. The third kappa shape index (κ3) is 2.61. The van der Waals surface area contributed by atoms with Crippen molar-refractivity contribution in [2.45, 2.75) is 26.8 Å². The van der Waals surface area contributed by atoms with Crippen LogP contribution in [0.1, 0.15) is 26.1 Å². The summed E-state index contributed by atoms with van der Waals surface area (Å²) in [6, 6.07) is -0.245. The van der Waals surface area contributed by atoms with Gasteiger partial charge in [0.25, 0.3) is 0 Å². The van der Waals surface area contributed by atoms with Gasteiger partial charge in [-0.05, 0) is 12.3 Å². The van der Waals surface area contributed by atoms with E-state index >= 15 is 0 Å². The van der Waals surface area contributed by atoms with Gasteiger partial charge in [-0.25, -0.2) is 9.78 Å². The Labute approximate surface area is 117 Å². The Bertz CT molecular complexity index is 486. The molecule has 1 saturated heterocycles. The Balaban J connectivity index is 1.94. The smallest absolute Gasteiger partial charge is 0.317 e. The lowest BCUT2D eigenvalue weighted by Gasteiger charge is -2.28. The van der Waals surface area contributed by atoms with Gasteiger partial charge in [0.1, 0.15) is 5.82 Å². The van der Waals surface area contributed by atoms with Crippen LogP contribution in [-0.2, 0) is 11.3 Å². The summed E-state index contributed by atoms with van der Waals surface area (Å²) < 4.78 is 0. The largest absolute Gasteiger partial charge is 0.481 e. The molecule has 0 aromatic carbocycles. The van der Waals surface area contributed by atoms with Gasteiger partial charge in [-0.2, -0.15) is 0 Å². The third-order valence-electron chi connectivity index (χ3n) is 4.08. The predicted octanol–water partition coefficient (Wildman–Crippen LogP) is 1.05. The number of urea groups is 1. The first-order chi connectivity index (χ1) is 9.45. The summed E-state index contributed by atoms with van der Waals surface area (Å²) in [7, 11) is 0. The molecule has 1 aliphatic rings. The van der Waals surface area contributed by atoms with Gasteiger partial charge >= 0.3 is 12.0 Å². The number of likely N-dealkylation sites (tertiary alicyclic amines) is 1. The Morgan fingerprint density at radius 2 is 2.35 bits per heavy atom. The summed E-state index contributed by atoms with van der Waals surface area (Å²) in [6.07, 6.45) is 3.80. The first-order valence-corrected chi connectivity index (χ1v) is 6.70. The fraction of sp³-hybridized carbons (Fsp3) is 0.615. The number of aliphatic carboxylic acids is 1. The second-order valence-electron chi connectivity index (χ2n) is 5.48. The number of hydrogen-bond donors (Lipinski definition) is 3. The standard InChI is InChI=1S/C13H20N4O3/c1-9(2)13(11(18)19)3-6-17(8-13)12(20)16-7-10-14-4-5-15-10/h4-5,9H,3,6-8H2,1-2H3,(H,14,15)(H,16,20)(H,18,19). The Hall–Kier alpha value is -2.05. The number of aromatic amines is 1. The van der Waals surface area contributed by atoms with Crippen molar-refractivity contribution in [1.82, 2.24) is 20.2 Å². The molecule has 110 valence electrons. The van der Waals surface area contributed by atoms with E-state index in [0.29, 0.717) is 25.3 Å². The van der Waals surface area contributed by atoms with Crippen LogP contribution >= 0.6 is 0 Å². The first kappa shape index (κ1) is 14.4. The number of nitrogens with zero attached hydrogens (tertiary/aromatic N) is 2. The summed E-state index contributed by atoms with van der Waals surface area (Å²) in [5.41, 5.74) is -0.831. The number of amides is 2. The average molecular weight is 280 g/mol. The van der Waals surface area contributed by atoms with Crippen molar-refractivity contribution in [1.29, 1.82) is 0 Å². The molecule has 1 unspecified atom stereocenters. The third-order valence-corrected chi connectivity index (χ3v) is 4.08. The molecule has 1 fully saturated rings. The number of nitrogens with one attached hydrogen (secondary N) is 2. The molecule has 0 bridgehead atoms. The van der Waals surface area contributed by atoms with Crippen molar-refractivity contribution < 1.29 is 14.7 Å². The molecule has 0 saturated carbocycles. The SMILES string of the molecule is CC(C)C1(C(=O)O)CCN(C(=O)NCc2ncc[nH]2)C1. The van der Waals surface area contributed by atoms with Crippen molar-refractivity contribution >= 4 is 12.0 Å². The molecule has 1 atom stereocenters. The van der Waals surface area contributed by atoms with E-state index in [9.17, 15) is 14.7 Å². The monoisotopic (exact) mass is 280 g/mol. The second kappa shape index (κ2) is 5.52. The van der Waals surface area contributed by atoms with Crippen LogP contribution in [-0.4, -0.2) is 45.1 Å². The van der Waals surface area contributed by atoms with E-state index in [4.69, 9.17) is 0 Å². The van der Waals surface area contributed by atoms with Gasteiger partial charge in [0, 0.05) is 25.5 Å². The Kier molecular flexibility index (Phi) is 3.96. The number of rotatable bonds is 4. The van der Waals surface area contributed by atoms with Gasteiger partial charge in [-0.15, -0.1) is 0 Å². The van der Waals surface area contributed by atoms with E-state index in [1.54, 1.807) is 17.3 Å². The zero-order valence-corrected chi connectivity index (χ0v) is 11.7. The van der Waals surface area contributed by atoms with Crippen LogP contribution in [0.2, 0.25) is 0 Å². The topological polar surface area (TPSA) is 98.3 Å². The number of aromatic nitrogens is 2. The molecule has 7 heteroatoms. The maximum Gasteiger partial charge on any atom is 0.317 e. The van der Waals surface area contributed by atoms with Crippen LogP contribution in [0, 0.1) is 11.3 Å². The molecule has 2 rings (SSSR count). The molecular formula is C13H20N4O3. The summed E-state index contributed by atoms with van der Waals surface area (Å²) in [5.74, 6) is -0.164. The number of carbonyl (C=O) groups is 2. The fourth-order valence-corrected chi connectivity index (χ4v) is 2.57. The van der Waals surface area contributed by atoms with E-state index < -0.39 is 11.4 Å². The zero-order chi connectivity index (χ0) is 14.8. The summed E-state index contributed by atoms with van der Waals surface area (Å²) >= 11 is 0. The van der Waals surface area contributed by atoms with Crippen LogP contribution in [0.4, 0.5) is 4.79 Å². The minimum atomic E-state index is -0.831. The van der Waals surface area contributed by atoms with Crippen LogP contribution < -0.4 is 5.32 Å². The Morgan fingerprint density at radius 3 is 2.85 bits per heavy atom. The molecule has 3 N–H and O–H groups in total. The van der Waals surface area contributed by atoms with Crippen LogP contribution in [0.5, 0.6) is 0 Å². The molecule has 1 aromatic heterocycles. The minimum absolute atomic E-state index is 0.0112. The number of H-pyrrole nitrogens is 1. The number of carboxylic acid groups (broad SMARTS) is 1. The molecule has 20 heavy (non-hydrogen) atoms. The highest BCUT2D eigenvalue weighted by atomic mass is 16.4. The molecule has 2 amide bonds. The van der Waals surface area contributed by atoms with Crippen LogP contribution in [0.15, 0.2) is 12.4 Å². The lowest BCUT2D eigenvalue weighted by Crippen LogP contribution is -2.43. The molecule has 0 spiro atoms. The summed E-state index contributed by atoms with van der Waals surface area (Å²) in [4.78, 5) is 32.0. The van der Waals surface area contributed by atoms with Gasteiger partial charge in [0.2, 0.25) is 0 Å². The van der Waals surface area contributed by atoms with Crippen LogP contribution in [0.3, 0.4) is 0 Å². The van der Waals surface area contributed by atoms with Crippen molar-refractivity contribution in [3.05, 3.63) is 18.2 Å². The highest BCUT2D eigenvalue weighted by Crippen LogP contribution is 2.38. The molecule has 7 nitrogen and oxygen atoms in total. The molecule has 0 aliphatic carbocycles. The van der Waals surface area contributed by atoms with E-state index in [0.717, 1.165) is 0 Å². The average Bonchev–Trinajstić information content (AvgIpc) is 3.05. The number of hydrogen-bond acceptors (Lipinski definition) is 3. The maximum atomic E-state index is 12.1. The Morgan fingerprint density at radius 1 is 1.60 bits per heavy atom. The van der Waals surface area contributed by atoms with Gasteiger partial charge < -0.3 is 20.3 Å². The zero-order valence-electron chi connectivity index (χ0n) is 11.7. The van der Waals surface area contributed by atoms with E-state index in [-0.39, 0.29) is 18.5 Å². The van der Waals surface area contributed by atoms with E-state index in [1.165, 1.54) is 0 Å². The molecule has 0 radical (unpaired) electrons. The first-order valence-electron chi connectivity index (χ1n) is 6.70. The molecule has 1 aromatic rings. The highest BCUT2D eigenvalue weighted by molar-refractivity contribution is 5.80. The quantitative estimate of drug-likeness (QED) is 0.767. The van der Waals surface area contributed by atoms with E-state index in [2.05, 4.69) is 15.3 Å². The minimum Gasteiger partial charge on any atom is -0.481 e. The van der Waals surface area contributed by atoms with Crippen molar-refractivity contribution in [3.8, 4) is 0 Å². The normalized spacial score (nSPS) is 22.2. The van der Waals surface area contributed by atoms with Gasteiger partial charge in [-0.1, -0.05) is 13.8 Å². The number of carbonyl (C=O) groups excluding carboxylic acids is 1. The number of imidazole rings is 1. The number of carboxylic acids is 1. The highest BCUT2D eigenvalue weighted by Gasteiger charge is 2.48. The van der Waals surface area contributed by atoms with Crippen molar-refractivity contribution in [2.24, 2.45) is 11.3 Å². The molecule has 2 heterocycles. The van der Waals surface area contributed by atoms with Crippen molar-refractivity contribution in [2.75, 3.05) is 13.1 Å². The maximum absolute atomic E-state index is 12.1. The summed E-state index contributed by atoms with van der Waals surface area (Å²) in [6.45, 7) is 4.80. The van der Waals surface area contributed by atoms with Gasteiger partial charge in [-0.3, -0.25) is 4.79 Å². The van der Waals surface area contributed by atoms with Gasteiger partial charge in [0.15, 0.2) is 0 Å². The van der Waals surface area contributed by atoms with Gasteiger partial charge in [0.05, 0.1) is 12.0 Å². The second-order valence-corrected chi connectivity index (χ2v) is 5.48. The lowest BCUT2D eigenvalue weighted by atomic mass is 9.76. The predicted molar refractivity (Wildman–Crippen MR) is 71.9 cm³/mol. The fourth-order valence-electron chi connectivity index (χ4n) is 2.57.